The van der Waals surface area contributed by atoms with E-state index >= 15 is 0 Å². The predicted octanol–water partition coefficient (Wildman–Crippen LogP) is 2.21. The van der Waals surface area contributed by atoms with E-state index in [2.05, 4.69) is 15.5 Å². The number of carbonyl (C=O) groups is 1. The van der Waals surface area contributed by atoms with Gasteiger partial charge in [-0.25, -0.2) is 0 Å². The van der Waals surface area contributed by atoms with E-state index in [1.807, 2.05) is 19.1 Å². The highest BCUT2D eigenvalue weighted by Gasteiger charge is 2.39. The van der Waals surface area contributed by atoms with Crippen molar-refractivity contribution in [1.82, 2.24) is 15.5 Å². The van der Waals surface area contributed by atoms with Crippen LogP contribution in [0.25, 0.3) is 11.5 Å². The molecule has 0 atom stereocenters. The van der Waals surface area contributed by atoms with Gasteiger partial charge in [0.25, 0.3) is 11.8 Å². The number of hydrogen-bond acceptors (Lipinski definition) is 5. The molecule has 0 radical (unpaired) electrons. The van der Waals surface area contributed by atoms with Gasteiger partial charge in [-0.3, -0.25) is 4.79 Å². The summed E-state index contributed by atoms with van der Waals surface area (Å²) in [6, 6.07) is 7.17. The van der Waals surface area contributed by atoms with E-state index in [0.29, 0.717) is 23.8 Å². The standard InChI is InChI=1S/C16H20N4O2/c1-2-9-18-13(21)11-5-3-6-12(10-11)14-19-15(20-22-14)16(17)7-4-8-16/h3,5-6,10H,2,4,7-9,17H2,1H3,(H,18,21). The van der Waals surface area contributed by atoms with Gasteiger partial charge in [0, 0.05) is 17.7 Å². The van der Waals surface area contributed by atoms with Crippen molar-refractivity contribution in [3.05, 3.63) is 35.7 Å². The molecule has 1 amide bonds. The maximum atomic E-state index is 12.0. The summed E-state index contributed by atoms with van der Waals surface area (Å²) in [6.45, 7) is 2.67. The van der Waals surface area contributed by atoms with Crippen molar-refractivity contribution in [1.29, 1.82) is 0 Å². The minimum atomic E-state index is -0.447. The van der Waals surface area contributed by atoms with Gasteiger partial charge in [0.15, 0.2) is 5.82 Å². The summed E-state index contributed by atoms with van der Waals surface area (Å²) >= 11 is 0. The van der Waals surface area contributed by atoms with Gasteiger partial charge in [0.2, 0.25) is 0 Å². The van der Waals surface area contributed by atoms with Crippen LogP contribution in [0.3, 0.4) is 0 Å². The molecule has 1 saturated carbocycles. The van der Waals surface area contributed by atoms with Crippen molar-refractivity contribution in [2.75, 3.05) is 6.54 Å². The fourth-order valence-corrected chi connectivity index (χ4v) is 2.46. The fourth-order valence-electron chi connectivity index (χ4n) is 2.46. The number of nitrogens with zero attached hydrogens (tertiary/aromatic N) is 2. The van der Waals surface area contributed by atoms with Crippen molar-refractivity contribution in [3.63, 3.8) is 0 Å². The minimum Gasteiger partial charge on any atom is -0.352 e. The minimum absolute atomic E-state index is 0.0993. The van der Waals surface area contributed by atoms with Gasteiger partial charge in [-0.05, 0) is 43.9 Å². The second kappa shape index (κ2) is 5.88. The monoisotopic (exact) mass is 300 g/mol. The summed E-state index contributed by atoms with van der Waals surface area (Å²) < 4.78 is 5.32. The van der Waals surface area contributed by atoms with Crippen LogP contribution in [0.15, 0.2) is 28.8 Å². The van der Waals surface area contributed by atoms with Crippen LogP contribution in [0.4, 0.5) is 0 Å². The Morgan fingerprint density at radius 3 is 2.95 bits per heavy atom. The molecule has 1 heterocycles. The van der Waals surface area contributed by atoms with Crippen LogP contribution in [0.1, 0.15) is 48.8 Å². The Balaban J connectivity index is 1.81. The van der Waals surface area contributed by atoms with E-state index in [1.54, 1.807) is 12.1 Å². The van der Waals surface area contributed by atoms with Crippen LogP contribution < -0.4 is 11.1 Å². The van der Waals surface area contributed by atoms with Gasteiger partial charge < -0.3 is 15.6 Å². The first-order valence-corrected chi connectivity index (χ1v) is 7.64. The number of benzene rings is 1. The van der Waals surface area contributed by atoms with Crippen molar-refractivity contribution in [3.8, 4) is 11.5 Å². The summed E-state index contributed by atoms with van der Waals surface area (Å²) in [6.07, 6.45) is 3.75. The maximum absolute atomic E-state index is 12.0. The lowest BCUT2D eigenvalue weighted by Crippen LogP contribution is -2.44. The Morgan fingerprint density at radius 2 is 2.27 bits per heavy atom. The molecular formula is C16H20N4O2. The Kier molecular flexibility index (Phi) is 3.94. The predicted molar refractivity (Wildman–Crippen MR) is 82.1 cm³/mol. The first kappa shape index (κ1) is 14.7. The highest BCUT2D eigenvalue weighted by atomic mass is 16.5. The molecule has 116 valence electrons. The van der Waals surface area contributed by atoms with Crippen molar-refractivity contribution >= 4 is 5.91 Å². The molecule has 1 aromatic carbocycles. The third kappa shape index (κ3) is 2.74. The smallest absolute Gasteiger partial charge is 0.258 e. The van der Waals surface area contributed by atoms with Crippen LogP contribution >= 0.6 is 0 Å². The highest BCUT2D eigenvalue weighted by Crippen LogP contribution is 2.37. The number of aromatic nitrogens is 2. The molecule has 3 N–H and O–H groups in total. The lowest BCUT2D eigenvalue weighted by atomic mass is 9.77. The zero-order chi connectivity index (χ0) is 15.6. The average molecular weight is 300 g/mol. The average Bonchev–Trinajstić information content (AvgIpc) is 3.00. The summed E-state index contributed by atoms with van der Waals surface area (Å²) in [5.74, 6) is 0.851. The summed E-state index contributed by atoms with van der Waals surface area (Å²) in [5.41, 5.74) is 7.06. The molecule has 2 aromatic rings. The highest BCUT2D eigenvalue weighted by molar-refractivity contribution is 5.95. The van der Waals surface area contributed by atoms with Gasteiger partial charge in [-0.2, -0.15) is 4.98 Å². The molecule has 0 bridgehead atoms. The summed E-state index contributed by atoms with van der Waals surface area (Å²) in [4.78, 5) is 16.4. The zero-order valence-corrected chi connectivity index (χ0v) is 12.6. The fraction of sp³-hybridized carbons (Fsp3) is 0.438. The number of rotatable bonds is 5. The second-order valence-corrected chi connectivity index (χ2v) is 5.77. The normalized spacial score (nSPS) is 16.1. The Bertz CT molecular complexity index is 676. The van der Waals surface area contributed by atoms with Crippen LogP contribution in [0.2, 0.25) is 0 Å². The first-order valence-electron chi connectivity index (χ1n) is 7.64. The third-order valence-electron chi connectivity index (χ3n) is 4.02. The molecule has 0 aliphatic heterocycles. The van der Waals surface area contributed by atoms with Gasteiger partial charge in [-0.1, -0.05) is 18.1 Å². The molecule has 6 heteroatoms. The summed E-state index contributed by atoms with van der Waals surface area (Å²) in [5, 5.41) is 6.85. The number of carbonyl (C=O) groups excluding carboxylic acids is 1. The van der Waals surface area contributed by atoms with E-state index in [1.165, 1.54) is 0 Å². The lowest BCUT2D eigenvalue weighted by Gasteiger charge is -2.34. The van der Waals surface area contributed by atoms with Gasteiger partial charge >= 0.3 is 0 Å². The van der Waals surface area contributed by atoms with E-state index in [-0.39, 0.29) is 5.91 Å². The quantitative estimate of drug-likeness (QED) is 0.883. The number of amides is 1. The van der Waals surface area contributed by atoms with Crippen LogP contribution in [-0.4, -0.2) is 22.6 Å². The molecule has 1 aliphatic carbocycles. The Labute approximate surface area is 129 Å². The molecule has 1 aliphatic rings. The van der Waals surface area contributed by atoms with E-state index in [4.69, 9.17) is 10.3 Å². The topological polar surface area (TPSA) is 94.0 Å². The third-order valence-corrected chi connectivity index (χ3v) is 4.02. The zero-order valence-electron chi connectivity index (χ0n) is 12.6. The van der Waals surface area contributed by atoms with Gasteiger partial charge in [0.05, 0.1) is 5.54 Å². The van der Waals surface area contributed by atoms with Crippen molar-refractivity contribution in [2.45, 2.75) is 38.1 Å². The number of nitrogens with one attached hydrogen (secondary N) is 1. The lowest BCUT2D eigenvalue weighted by molar-refractivity contribution is 0.0953. The molecule has 6 nitrogen and oxygen atoms in total. The first-order chi connectivity index (χ1) is 10.6. The van der Waals surface area contributed by atoms with E-state index in [0.717, 1.165) is 31.2 Å². The molecular weight excluding hydrogens is 280 g/mol. The van der Waals surface area contributed by atoms with Crippen molar-refractivity contribution in [2.24, 2.45) is 5.73 Å². The largest absolute Gasteiger partial charge is 0.352 e. The molecule has 22 heavy (non-hydrogen) atoms. The van der Waals surface area contributed by atoms with Crippen LogP contribution in [0.5, 0.6) is 0 Å². The summed E-state index contributed by atoms with van der Waals surface area (Å²) in [7, 11) is 0. The van der Waals surface area contributed by atoms with E-state index in [9.17, 15) is 4.79 Å². The molecule has 1 fully saturated rings. The molecule has 0 saturated heterocycles. The molecule has 1 aromatic heterocycles. The second-order valence-electron chi connectivity index (χ2n) is 5.77. The van der Waals surface area contributed by atoms with Crippen LogP contribution in [0, 0.1) is 0 Å². The molecule has 0 unspecified atom stereocenters. The number of nitrogens with two attached hydrogens (primary N) is 1. The number of hydrogen-bond donors (Lipinski definition) is 2. The van der Waals surface area contributed by atoms with Gasteiger partial charge in [-0.15, -0.1) is 0 Å². The molecule has 3 rings (SSSR count). The van der Waals surface area contributed by atoms with Crippen molar-refractivity contribution < 1.29 is 9.32 Å². The van der Waals surface area contributed by atoms with E-state index < -0.39 is 5.54 Å². The molecule has 0 spiro atoms. The van der Waals surface area contributed by atoms with Crippen LogP contribution in [-0.2, 0) is 5.54 Å². The Morgan fingerprint density at radius 1 is 1.45 bits per heavy atom. The maximum Gasteiger partial charge on any atom is 0.258 e. The SMILES string of the molecule is CCCNC(=O)c1cccc(-c2nc(C3(N)CCC3)no2)c1. The van der Waals surface area contributed by atoms with Gasteiger partial charge in [0.1, 0.15) is 0 Å². The Hall–Kier alpha value is -2.21.